The summed E-state index contributed by atoms with van der Waals surface area (Å²) in [5.74, 6) is 0.944. The Bertz CT molecular complexity index is 255. The van der Waals surface area contributed by atoms with Gasteiger partial charge in [0.2, 0.25) is 0 Å². The van der Waals surface area contributed by atoms with Crippen LogP contribution in [0.3, 0.4) is 0 Å². The molecule has 2 fully saturated rings. The highest BCUT2D eigenvalue weighted by atomic mass is 16.5. The van der Waals surface area contributed by atoms with Crippen molar-refractivity contribution in [1.82, 2.24) is 10.6 Å². The summed E-state index contributed by atoms with van der Waals surface area (Å²) in [5.41, 5.74) is 0.299. The van der Waals surface area contributed by atoms with Gasteiger partial charge in [0.1, 0.15) is 0 Å². The Morgan fingerprint density at radius 1 is 1.38 bits per heavy atom. The molecule has 0 aromatic carbocycles. The van der Waals surface area contributed by atoms with Crippen LogP contribution in [0.15, 0.2) is 4.99 Å². The third kappa shape index (κ3) is 2.88. The molecule has 0 radical (unpaired) electrons. The third-order valence-corrected chi connectivity index (χ3v) is 3.50. The van der Waals surface area contributed by atoms with Crippen LogP contribution < -0.4 is 10.6 Å². The number of aliphatic imine (C=N–C) groups is 1. The molecule has 16 heavy (non-hydrogen) atoms. The minimum atomic E-state index is 0.299. The van der Waals surface area contributed by atoms with Crippen LogP contribution in [-0.2, 0) is 4.74 Å². The summed E-state index contributed by atoms with van der Waals surface area (Å²) < 4.78 is 5.24. The first-order valence-electron chi connectivity index (χ1n) is 6.27. The van der Waals surface area contributed by atoms with Crippen LogP contribution in [-0.4, -0.2) is 38.8 Å². The highest BCUT2D eigenvalue weighted by Crippen LogP contribution is 2.25. The van der Waals surface area contributed by atoms with Gasteiger partial charge < -0.3 is 15.4 Å². The fourth-order valence-electron chi connectivity index (χ4n) is 2.31. The van der Waals surface area contributed by atoms with Crippen LogP contribution in [0.2, 0.25) is 0 Å². The van der Waals surface area contributed by atoms with Gasteiger partial charge in [-0.3, -0.25) is 4.99 Å². The molecule has 0 aromatic heterocycles. The molecule has 0 bridgehead atoms. The van der Waals surface area contributed by atoms with Crippen molar-refractivity contribution in [3.63, 3.8) is 0 Å². The normalized spacial score (nSPS) is 25.2. The Labute approximate surface area is 97.9 Å². The average molecular weight is 225 g/mol. The van der Waals surface area contributed by atoms with E-state index in [-0.39, 0.29) is 0 Å². The van der Waals surface area contributed by atoms with Crippen molar-refractivity contribution in [2.45, 2.75) is 38.6 Å². The molecule has 0 aromatic rings. The number of nitrogens with zero attached hydrogens (tertiary/aromatic N) is 1. The van der Waals surface area contributed by atoms with E-state index in [0.717, 1.165) is 25.7 Å². The zero-order valence-electron chi connectivity index (χ0n) is 10.4. The summed E-state index contributed by atoms with van der Waals surface area (Å²) in [4.78, 5) is 4.27. The second-order valence-corrected chi connectivity index (χ2v) is 5.35. The molecule has 2 aliphatic rings. The summed E-state index contributed by atoms with van der Waals surface area (Å²) in [6.45, 7) is 4.91. The molecule has 1 saturated heterocycles. The molecule has 0 atom stereocenters. The first kappa shape index (κ1) is 11.7. The first-order valence-corrected chi connectivity index (χ1v) is 6.27. The lowest BCUT2D eigenvalue weighted by molar-refractivity contribution is -0.0971. The molecular weight excluding hydrogens is 202 g/mol. The third-order valence-electron chi connectivity index (χ3n) is 3.50. The summed E-state index contributed by atoms with van der Waals surface area (Å²) in [5, 5.41) is 6.88. The summed E-state index contributed by atoms with van der Waals surface area (Å²) in [6, 6.07) is 0.622. The monoisotopic (exact) mass is 225 g/mol. The topological polar surface area (TPSA) is 45.7 Å². The van der Waals surface area contributed by atoms with Gasteiger partial charge in [-0.15, -0.1) is 0 Å². The summed E-state index contributed by atoms with van der Waals surface area (Å²) >= 11 is 0. The molecule has 1 aliphatic heterocycles. The van der Waals surface area contributed by atoms with Crippen molar-refractivity contribution in [3.05, 3.63) is 0 Å². The lowest BCUT2D eigenvalue weighted by atomic mass is 9.89. The maximum atomic E-state index is 5.24. The quantitative estimate of drug-likeness (QED) is 0.559. The van der Waals surface area contributed by atoms with E-state index in [2.05, 4.69) is 22.5 Å². The lowest BCUT2D eigenvalue weighted by Gasteiger charge is -2.38. The molecule has 2 rings (SSSR count). The van der Waals surface area contributed by atoms with Gasteiger partial charge in [-0.05, 0) is 12.8 Å². The van der Waals surface area contributed by atoms with Crippen molar-refractivity contribution < 1.29 is 4.74 Å². The molecule has 1 saturated carbocycles. The standard InChI is InChI=1S/C12H23N3O/c1-12(8-16-9-12)7-14-11(13-2)15-10-5-3-4-6-10/h10H,3-9H2,1-2H3,(H2,13,14,15). The SMILES string of the molecule is CN=C(NCC1(C)COC1)NC1CCCC1. The van der Waals surface area contributed by atoms with Crippen LogP contribution in [0.25, 0.3) is 0 Å². The number of hydrogen-bond acceptors (Lipinski definition) is 2. The minimum Gasteiger partial charge on any atom is -0.380 e. The summed E-state index contributed by atoms with van der Waals surface area (Å²) in [7, 11) is 1.84. The van der Waals surface area contributed by atoms with Crippen molar-refractivity contribution in [2.75, 3.05) is 26.8 Å². The van der Waals surface area contributed by atoms with Gasteiger partial charge in [-0.25, -0.2) is 0 Å². The smallest absolute Gasteiger partial charge is 0.191 e. The van der Waals surface area contributed by atoms with Crippen molar-refractivity contribution >= 4 is 5.96 Å². The Morgan fingerprint density at radius 2 is 2.06 bits per heavy atom. The number of nitrogens with one attached hydrogen (secondary N) is 2. The van der Waals surface area contributed by atoms with E-state index in [0.29, 0.717) is 11.5 Å². The van der Waals surface area contributed by atoms with E-state index in [1.807, 2.05) is 7.05 Å². The maximum Gasteiger partial charge on any atom is 0.191 e. The van der Waals surface area contributed by atoms with Crippen LogP contribution >= 0.6 is 0 Å². The second-order valence-electron chi connectivity index (χ2n) is 5.35. The summed E-state index contributed by atoms with van der Waals surface area (Å²) in [6.07, 6.45) is 5.25. The lowest BCUT2D eigenvalue weighted by Crippen LogP contribution is -2.52. The molecule has 0 spiro atoms. The number of ether oxygens (including phenoxy) is 1. The number of rotatable bonds is 3. The highest BCUT2D eigenvalue weighted by Gasteiger charge is 2.33. The minimum absolute atomic E-state index is 0.299. The predicted molar refractivity (Wildman–Crippen MR) is 65.7 cm³/mol. The van der Waals surface area contributed by atoms with Gasteiger partial charge in [-0.2, -0.15) is 0 Å². The molecule has 92 valence electrons. The predicted octanol–water partition coefficient (Wildman–Crippen LogP) is 1.13. The number of guanidine groups is 1. The van der Waals surface area contributed by atoms with Gasteiger partial charge in [0.25, 0.3) is 0 Å². The molecule has 4 nitrogen and oxygen atoms in total. The molecule has 4 heteroatoms. The van der Waals surface area contributed by atoms with Gasteiger partial charge >= 0.3 is 0 Å². The van der Waals surface area contributed by atoms with Crippen LogP contribution in [0, 0.1) is 5.41 Å². The Kier molecular flexibility index (Phi) is 3.69. The Morgan fingerprint density at radius 3 is 2.56 bits per heavy atom. The van der Waals surface area contributed by atoms with Gasteiger partial charge in [0.15, 0.2) is 5.96 Å². The molecule has 1 aliphatic carbocycles. The van der Waals surface area contributed by atoms with Crippen LogP contribution in [0.1, 0.15) is 32.6 Å². The fourth-order valence-corrected chi connectivity index (χ4v) is 2.31. The molecule has 1 heterocycles. The molecule has 2 N–H and O–H groups in total. The van der Waals surface area contributed by atoms with E-state index in [1.165, 1.54) is 25.7 Å². The fraction of sp³-hybridized carbons (Fsp3) is 0.917. The highest BCUT2D eigenvalue weighted by molar-refractivity contribution is 5.80. The Balaban J connectivity index is 1.72. The van der Waals surface area contributed by atoms with Crippen molar-refractivity contribution in [2.24, 2.45) is 10.4 Å². The van der Waals surface area contributed by atoms with Crippen molar-refractivity contribution in [1.29, 1.82) is 0 Å². The van der Waals surface area contributed by atoms with E-state index in [9.17, 15) is 0 Å². The zero-order valence-corrected chi connectivity index (χ0v) is 10.4. The average Bonchev–Trinajstić information content (AvgIpc) is 2.74. The first-order chi connectivity index (χ1) is 7.72. The van der Waals surface area contributed by atoms with E-state index < -0.39 is 0 Å². The van der Waals surface area contributed by atoms with Gasteiger partial charge in [-0.1, -0.05) is 19.8 Å². The maximum absolute atomic E-state index is 5.24. The van der Waals surface area contributed by atoms with Crippen LogP contribution in [0.4, 0.5) is 0 Å². The molecule has 0 unspecified atom stereocenters. The largest absolute Gasteiger partial charge is 0.380 e. The second kappa shape index (κ2) is 5.04. The molecule has 0 amide bonds. The molecular formula is C12H23N3O. The zero-order chi connectivity index (χ0) is 11.4. The van der Waals surface area contributed by atoms with Crippen LogP contribution in [0.5, 0.6) is 0 Å². The Hall–Kier alpha value is -0.770. The van der Waals surface area contributed by atoms with E-state index >= 15 is 0 Å². The van der Waals surface area contributed by atoms with Gasteiger partial charge in [0, 0.05) is 25.0 Å². The van der Waals surface area contributed by atoms with E-state index in [1.54, 1.807) is 0 Å². The van der Waals surface area contributed by atoms with Crippen molar-refractivity contribution in [3.8, 4) is 0 Å². The van der Waals surface area contributed by atoms with Gasteiger partial charge in [0.05, 0.1) is 13.2 Å². The number of hydrogen-bond donors (Lipinski definition) is 2. The van der Waals surface area contributed by atoms with E-state index in [4.69, 9.17) is 4.74 Å².